The van der Waals surface area contributed by atoms with Crippen molar-refractivity contribution in [3.8, 4) is 5.75 Å². The molecule has 0 unspecified atom stereocenters. The molecular weight excluding hydrogens is 313 g/mol. The molecule has 1 aliphatic heterocycles. The molecule has 3 rings (SSSR count). The highest BCUT2D eigenvalue weighted by molar-refractivity contribution is 6.34. The van der Waals surface area contributed by atoms with Crippen molar-refractivity contribution in [3.63, 3.8) is 0 Å². The Balaban J connectivity index is 2.16. The van der Waals surface area contributed by atoms with Gasteiger partial charge in [0.15, 0.2) is 5.82 Å². The minimum atomic E-state index is -1.11. The number of hydrogen-bond acceptors (Lipinski definition) is 3. The van der Waals surface area contributed by atoms with Crippen molar-refractivity contribution in [3.05, 3.63) is 52.3 Å². The highest BCUT2D eigenvalue weighted by Crippen LogP contribution is 2.42. The van der Waals surface area contributed by atoms with Crippen LogP contribution in [0.25, 0.3) is 0 Å². The number of carbonyl (C=O) groups is 2. The van der Waals surface area contributed by atoms with E-state index in [1.807, 2.05) is 0 Å². The maximum atomic E-state index is 14.1. The van der Waals surface area contributed by atoms with Crippen molar-refractivity contribution in [2.45, 2.75) is 6.42 Å². The lowest BCUT2D eigenvalue weighted by Crippen LogP contribution is -2.22. The molecule has 22 heavy (non-hydrogen) atoms. The molecule has 0 saturated heterocycles. The molecule has 0 aliphatic carbocycles. The fourth-order valence-corrected chi connectivity index (χ4v) is 2.75. The fraction of sp³-hybridized carbons (Fsp3) is 0.0667. The average molecular weight is 322 g/mol. The Labute approximate surface area is 129 Å². The first-order valence-corrected chi connectivity index (χ1v) is 6.63. The highest BCUT2D eigenvalue weighted by Gasteiger charge is 2.32. The van der Waals surface area contributed by atoms with Crippen molar-refractivity contribution in [2.75, 3.05) is 4.90 Å². The van der Waals surface area contributed by atoms with Crippen molar-refractivity contribution < 1.29 is 24.2 Å². The monoisotopic (exact) mass is 321 g/mol. The molecule has 0 atom stereocenters. The van der Waals surface area contributed by atoms with Crippen molar-refractivity contribution in [1.29, 1.82) is 0 Å². The van der Waals surface area contributed by atoms with E-state index >= 15 is 0 Å². The van der Waals surface area contributed by atoms with Gasteiger partial charge in [-0.1, -0.05) is 11.6 Å². The molecule has 112 valence electrons. The molecule has 2 aromatic carbocycles. The van der Waals surface area contributed by atoms with Gasteiger partial charge in [-0.15, -0.1) is 0 Å². The Kier molecular flexibility index (Phi) is 3.26. The van der Waals surface area contributed by atoms with Crippen LogP contribution in [0, 0.1) is 5.82 Å². The second-order valence-electron chi connectivity index (χ2n) is 4.81. The van der Waals surface area contributed by atoms with E-state index < -0.39 is 17.7 Å². The van der Waals surface area contributed by atoms with Gasteiger partial charge in [-0.3, -0.25) is 9.69 Å². The predicted molar refractivity (Wildman–Crippen MR) is 77.3 cm³/mol. The van der Waals surface area contributed by atoms with Crippen LogP contribution in [0.4, 0.5) is 15.8 Å². The number of aromatic hydroxyl groups is 1. The zero-order valence-electron chi connectivity index (χ0n) is 11.0. The number of carboxylic acids is 1. The van der Waals surface area contributed by atoms with Crippen LogP contribution in [0.2, 0.25) is 5.02 Å². The summed E-state index contributed by atoms with van der Waals surface area (Å²) in [6, 6.07) is 6.14. The minimum Gasteiger partial charge on any atom is -0.508 e. The number of halogens is 2. The second kappa shape index (κ2) is 4.99. The topological polar surface area (TPSA) is 77.8 Å². The van der Waals surface area contributed by atoms with E-state index in [9.17, 15) is 19.1 Å². The van der Waals surface area contributed by atoms with E-state index in [2.05, 4.69) is 0 Å². The molecule has 0 spiro atoms. The maximum absolute atomic E-state index is 14.1. The smallest absolute Gasteiger partial charge is 0.335 e. The summed E-state index contributed by atoms with van der Waals surface area (Å²) in [5.41, 5.74) is 0.742. The Morgan fingerprint density at radius 3 is 2.64 bits per heavy atom. The number of carbonyl (C=O) groups excluding carboxylic acids is 1. The van der Waals surface area contributed by atoms with Gasteiger partial charge in [0.25, 0.3) is 0 Å². The SMILES string of the molecule is O=C(O)c1ccc2c(c1)CC(=O)N2c1c(F)cc(O)cc1Cl. The third-order valence-electron chi connectivity index (χ3n) is 3.38. The van der Waals surface area contributed by atoms with E-state index in [0.29, 0.717) is 11.3 Å². The normalized spacial score (nSPS) is 13.4. The van der Waals surface area contributed by atoms with Gasteiger partial charge in [0.1, 0.15) is 11.4 Å². The van der Waals surface area contributed by atoms with Crippen LogP contribution in [-0.4, -0.2) is 22.1 Å². The standard InChI is InChI=1S/C15H9ClFNO4/c16-10-5-9(19)6-11(17)14(10)18-12-2-1-7(15(21)22)3-8(12)4-13(18)20/h1-3,5-6,19H,4H2,(H,21,22). The molecule has 7 heteroatoms. The lowest BCUT2D eigenvalue weighted by atomic mass is 10.1. The van der Waals surface area contributed by atoms with Crippen LogP contribution in [0.5, 0.6) is 5.75 Å². The van der Waals surface area contributed by atoms with E-state index in [1.165, 1.54) is 18.2 Å². The number of benzene rings is 2. The summed E-state index contributed by atoms with van der Waals surface area (Å²) in [6.07, 6.45) is -0.0485. The number of fused-ring (bicyclic) bond motifs is 1. The summed E-state index contributed by atoms with van der Waals surface area (Å²) in [7, 11) is 0. The van der Waals surface area contributed by atoms with Crippen LogP contribution in [-0.2, 0) is 11.2 Å². The highest BCUT2D eigenvalue weighted by atomic mass is 35.5. The summed E-state index contributed by atoms with van der Waals surface area (Å²) in [5, 5.41) is 18.2. The van der Waals surface area contributed by atoms with Crippen LogP contribution < -0.4 is 4.90 Å². The van der Waals surface area contributed by atoms with Gasteiger partial charge in [0.2, 0.25) is 5.91 Å². The molecule has 1 heterocycles. The first-order chi connectivity index (χ1) is 10.4. The number of aromatic carboxylic acids is 1. The number of phenolic OH excluding ortho intramolecular Hbond substituents is 1. The summed E-state index contributed by atoms with van der Waals surface area (Å²) < 4.78 is 14.1. The molecule has 1 amide bonds. The van der Waals surface area contributed by atoms with Gasteiger partial charge in [-0.05, 0) is 23.8 Å². The molecule has 0 bridgehead atoms. The summed E-state index contributed by atoms with van der Waals surface area (Å²) in [6.45, 7) is 0. The number of rotatable bonds is 2. The van der Waals surface area contributed by atoms with Gasteiger partial charge in [-0.25, -0.2) is 9.18 Å². The summed E-state index contributed by atoms with van der Waals surface area (Å²) >= 11 is 5.94. The summed E-state index contributed by atoms with van der Waals surface area (Å²) in [4.78, 5) is 24.3. The van der Waals surface area contributed by atoms with Gasteiger partial charge in [0.05, 0.1) is 22.7 Å². The fourth-order valence-electron chi connectivity index (χ4n) is 2.47. The Hall–Kier alpha value is -2.60. The van der Waals surface area contributed by atoms with Crippen LogP contribution in [0.1, 0.15) is 15.9 Å². The molecular formula is C15H9ClFNO4. The van der Waals surface area contributed by atoms with Crippen molar-refractivity contribution >= 4 is 34.9 Å². The zero-order valence-corrected chi connectivity index (χ0v) is 11.8. The molecule has 2 aromatic rings. The Morgan fingerprint density at radius 2 is 2.00 bits per heavy atom. The number of hydrogen-bond donors (Lipinski definition) is 2. The molecule has 1 aliphatic rings. The summed E-state index contributed by atoms with van der Waals surface area (Å²) in [5.74, 6) is -2.72. The third-order valence-corrected chi connectivity index (χ3v) is 3.67. The molecule has 0 aromatic heterocycles. The first-order valence-electron chi connectivity index (χ1n) is 6.25. The predicted octanol–water partition coefficient (Wildman–Crippen LogP) is 3.10. The number of carboxylic acid groups (broad SMARTS) is 1. The molecule has 0 saturated carbocycles. The molecule has 2 N–H and O–H groups in total. The van der Waals surface area contributed by atoms with E-state index in [4.69, 9.17) is 16.7 Å². The lowest BCUT2D eigenvalue weighted by molar-refractivity contribution is -0.116. The van der Waals surface area contributed by atoms with Crippen LogP contribution in [0.15, 0.2) is 30.3 Å². The lowest BCUT2D eigenvalue weighted by Gasteiger charge is -2.20. The maximum Gasteiger partial charge on any atom is 0.335 e. The number of phenols is 1. The molecule has 5 nitrogen and oxygen atoms in total. The number of nitrogens with zero attached hydrogens (tertiary/aromatic N) is 1. The van der Waals surface area contributed by atoms with Crippen LogP contribution in [0.3, 0.4) is 0 Å². The van der Waals surface area contributed by atoms with Gasteiger partial charge >= 0.3 is 5.97 Å². The number of amides is 1. The Morgan fingerprint density at radius 1 is 1.27 bits per heavy atom. The van der Waals surface area contributed by atoms with Gasteiger partial charge in [-0.2, -0.15) is 0 Å². The van der Waals surface area contributed by atoms with Crippen molar-refractivity contribution in [2.24, 2.45) is 0 Å². The van der Waals surface area contributed by atoms with E-state index in [0.717, 1.165) is 17.0 Å². The van der Waals surface area contributed by atoms with Gasteiger partial charge < -0.3 is 10.2 Å². The molecule has 0 radical (unpaired) electrons. The third kappa shape index (κ3) is 2.17. The second-order valence-corrected chi connectivity index (χ2v) is 5.22. The minimum absolute atomic E-state index is 0.0469. The van der Waals surface area contributed by atoms with Gasteiger partial charge in [0, 0.05) is 12.1 Å². The van der Waals surface area contributed by atoms with Crippen LogP contribution >= 0.6 is 11.6 Å². The average Bonchev–Trinajstić information content (AvgIpc) is 2.73. The van der Waals surface area contributed by atoms with E-state index in [-0.39, 0.29) is 28.4 Å². The zero-order chi connectivity index (χ0) is 16.0. The quantitative estimate of drug-likeness (QED) is 0.891. The van der Waals surface area contributed by atoms with E-state index in [1.54, 1.807) is 0 Å². The number of anilines is 2. The largest absolute Gasteiger partial charge is 0.508 e. The first kappa shape index (κ1) is 14.3. The Bertz CT molecular complexity index is 798. The van der Waals surface area contributed by atoms with Crippen molar-refractivity contribution in [1.82, 2.24) is 0 Å². The molecule has 0 fully saturated rings.